The Hall–Kier alpha value is -1.07. The Kier molecular flexibility index (Phi) is 6.31. The summed E-state index contributed by atoms with van der Waals surface area (Å²) in [7, 11) is 5.04. The Bertz CT molecular complexity index is 437. The van der Waals surface area contributed by atoms with Gasteiger partial charge in [0, 0.05) is 13.1 Å². The molecule has 0 aromatic heterocycles. The number of methoxy groups -OCH3 is 2. The predicted octanol–water partition coefficient (Wildman–Crippen LogP) is 2.70. The minimum atomic E-state index is -0.178. The number of rotatable bonds is 6. The Labute approximate surface area is 122 Å². The molecule has 1 aromatic rings. The molecule has 0 saturated heterocycles. The van der Waals surface area contributed by atoms with Gasteiger partial charge in [-0.15, -0.1) is 0 Å². The van der Waals surface area contributed by atoms with E-state index in [1.807, 2.05) is 32.2 Å². The molecule has 0 fully saturated rings. The van der Waals surface area contributed by atoms with Gasteiger partial charge in [-0.1, -0.05) is 13.0 Å². The van der Waals surface area contributed by atoms with Crippen LogP contribution in [0.25, 0.3) is 0 Å². The largest absolute Gasteiger partial charge is 0.496 e. The summed E-state index contributed by atoms with van der Waals surface area (Å²) < 4.78 is 10.8. The molecule has 0 bridgehead atoms. The van der Waals surface area contributed by atoms with Crippen LogP contribution in [0.15, 0.2) is 22.7 Å². The van der Waals surface area contributed by atoms with Gasteiger partial charge in [-0.3, -0.25) is 4.79 Å². The Morgan fingerprint density at radius 3 is 2.63 bits per heavy atom. The van der Waals surface area contributed by atoms with Crippen molar-refractivity contribution in [1.29, 1.82) is 0 Å². The number of benzene rings is 1. The summed E-state index contributed by atoms with van der Waals surface area (Å²) in [6, 6.07) is 5.97. The predicted molar refractivity (Wildman–Crippen MR) is 78.2 cm³/mol. The average molecular weight is 330 g/mol. The van der Waals surface area contributed by atoms with Crippen LogP contribution >= 0.6 is 15.9 Å². The van der Waals surface area contributed by atoms with Crippen LogP contribution in [0.4, 0.5) is 0 Å². The SMILES string of the molecule is COC(=O)C(C)CN(C)Cc1ccc(OC)c(Br)c1. The lowest BCUT2D eigenvalue weighted by atomic mass is 10.1. The van der Waals surface area contributed by atoms with Crippen molar-refractivity contribution < 1.29 is 14.3 Å². The first-order valence-electron chi connectivity index (χ1n) is 6.06. The van der Waals surface area contributed by atoms with E-state index in [9.17, 15) is 4.79 Å². The highest BCUT2D eigenvalue weighted by Crippen LogP contribution is 2.26. The molecular weight excluding hydrogens is 310 g/mol. The maximum Gasteiger partial charge on any atom is 0.309 e. The highest BCUT2D eigenvalue weighted by Gasteiger charge is 2.15. The van der Waals surface area contributed by atoms with E-state index in [-0.39, 0.29) is 11.9 Å². The van der Waals surface area contributed by atoms with Gasteiger partial charge in [-0.05, 0) is 40.7 Å². The molecule has 1 rings (SSSR count). The van der Waals surface area contributed by atoms with Crippen LogP contribution in [0.3, 0.4) is 0 Å². The molecule has 19 heavy (non-hydrogen) atoms. The topological polar surface area (TPSA) is 38.8 Å². The van der Waals surface area contributed by atoms with E-state index in [1.165, 1.54) is 7.11 Å². The van der Waals surface area contributed by atoms with Crippen molar-refractivity contribution in [3.05, 3.63) is 28.2 Å². The standard InChI is InChI=1S/C14H20BrNO3/c1-10(14(17)19-4)8-16(2)9-11-5-6-13(18-3)12(15)7-11/h5-7,10H,8-9H2,1-4H3. The third-order valence-corrected chi connectivity index (χ3v) is 3.48. The number of halogens is 1. The molecule has 0 N–H and O–H groups in total. The Morgan fingerprint density at radius 2 is 2.11 bits per heavy atom. The summed E-state index contributed by atoms with van der Waals surface area (Å²) in [6.45, 7) is 3.30. The molecule has 0 radical (unpaired) electrons. The van der Waals surface area contributed by atoms with Gasteiger partial charge < -0.3 is 14.4 Å². The summed E-state index contributed by atoms with van der Waals surface area (Å²) in [5, 5.41) is 0. The molecule has 1 unspecified atom stereocenters. The molecular formula is C14H20BrNO3. The normalized spacial score (nSPS) is 12.3. The van der Waals surface area contributed by atoms with Crippen LogP contribution in [-0.2, 0) is 16.1 Å². The van der Waals surface area contributed by atoms with E-state index >= 15 is 0 Å². The minimum absolute atomic E-state index is 0.128. The lowest BCUT2D eigenvalue weighted by Crippen LogP contribution is -2.29. The number of nitrogens with zero attached hydrogens (tertiary/aromatic N) is 1. The quantitative estimate of drug-likeness (QED) is 0.752. The summed E-state index contributed by atoms with van der Waals surface area (Å²) >= 11 is 3.46. The zero-order valence-electron chi connectivity index (χ0n) is 11.8. The molecule has 0 spiro atoms. The average Bonchev–Trinajstić information content (AvgIpc) is 2.37. The first-order chi connectivity index (χ1) is 8.97. The molecule has 0 aliphatic carbocycles. The van der Waals surface area contributed by atoms with Crippen molar-refractivity contribution in [2.45, 2.75) is 13.5 Å². The number of ether oxygens (including phenoxy) is 2. The number of carbonyl (C=O) groups excluding carboxylic acids is 1. The van der Waals surface area contributed by atoms with Gasteiger partial charge in [0.25, 0.3) is 0 Å². The van der Waals surface area contributed by atoms with Crippen LogP contribution in [0, 0.1) is 5.92 Å². The van der Waals surface area contributed by atoms with Gasteiger partial charge >= 0.3 is 5.97 Å². The smallest absolute Gasteiger partial charge is 0.309 e. The van der Waals surface area contributed by atoms with Crippen molar-refractivity contribution in [2.24, 2.45) is 5.92 Å². The molecule has 1 aromatic carbocycles. The van der Waals surface area contributed by atoms with Crippen LogP contribution in [-0.4, -0.2) is 38.7 Å². The van der Waals surface area contributed by atoms with Gasteiger partial charge in [-0.2, -0.15) is 0 Å². The monoisotopic (exact) mass is 329 g/mol. The molecule has 0 aliphatic rings. The van der Waals surface area contributed by atoms with Crippen LogP contribution in [0.5, 0.6) is 5.75 Å². The maximum atomic E-state index is 11.4. The van der Waals surface area contributed by atoms with Crippen LogP contribution in [0.1, 0.15) is 12.5 Å². The molecule has 0 heterocycles. The van der Waals surface area contributed by atoms with E-state index < -0.39 is 0 Å². The number of hydrogen-bond donors (Lipinski definition) is 0. The summed E-state index contributed by atoms with van der Waals surface area (Å²) in [5.41, 5.74) is 1.16. The van der Waals surface area contributed by atoms with E-state index in [2.05, 4.69) is 20.8 Å². The van der Waals surface area contributed by atoms with Crippen molar-refractivity contribution in [1.82, 2.24) is 4.90 Å². The molecule has 1 atom stereocenters. The zero-order chi connectivity index (χ0) is 14.4. The molecule has 0 amide bonds. The first-order valence-corrected chi connectivity index (χ1v) is 6.86. The Balaban J connectivity index is 2.59. The van der Waals surface area contributed by atoms with Gasteiger partial charge in [0.15, 0.2) is 0 Å². The molecule has 0 saturated carbocycles. The first kappa shape index (κ1) is 16.0. The van der Waals surface area contributed by atoms with Crippen molar-refractivity contribution >= 4 is 21.9 Å². The molecule has 4 nitrogen and oxygen atoms in total. The third-order valence-electron chi connectivity index (χ3n) is 2.86. The molecule has 0 aliphatic heterocycles. The number of hydrogen-bond acceptors (Lipinski definition) is 4. The fourth-order valence-electron chi connectivity index (χ4n) is 1.93. The fourth-order valence-corrected chi connectivity index (χ4v) is 2.52. The summed E-state index contributed by atoms with van der Waals surface area (Å²) in [6.07, 6.45) is 0. The molecule has 5 heteroatoms. The van der Waals surface area contributed by atoms with E-state index in [4.69, 9.17) is 9.47 Å². The minimum Gasteiger partial charge on any atom is -0.496 e. The van der Waals surface area contributed by atoms with Gasteiger partial charge in [0.1, 0.15) is 5.75 Å². The van der Waals surface area contributed by atoms with Crippen molar-refractivity contribution in [3.8, 4) is 5.75 Å². The van der Waals surface area contributed by atoms with Gasteiger partial charge in [0.05, 0.1) is 24.6 Å². The van der Waals surface area contributed by atoms with E-state index in [0.717, 1.165) is 22.3 Å². The Morgan fingerprint density at radius 1 is 1.42 bits per heavy atom. The lowest BCUT2D eigenvalue weighted by Gasteiger charge is -2.20. The van der Waals surface area contributed by atoms with Gasteiger partial charge in [0.2, 0.25) is 0 Å². The number of carbonyl (C=O) groups is 1. The van der Waals surface area contributed by atoms with E-state index in [0.29, 0.717) is 6.54 Å². The zero-order valence-corrected chi connectivity index (χ0v) is 13.4. The highest BCUT2D eigenvalue weighted by molar-refractivity contribution is 9.10. The van der Waals surface area contributed by atoms with Gasteiger partial charge in [-0.25, -0.2) is 0 Å². The highest BCUT2D eigenvalue weighted by atomic mass is 79.9. The second kappa shape index (κ2) is 7.50. The second-order valence-electron chi connectivity index (χ2n) is 4.59. The number of esters is 1. The summed E-state index contributed by atoms with van der Waals surface area (Å²) in [5.74, 6) is 0.508. The van der Waals surface area contributed by atoms with Crippen molar-refractivity contribution in [3.63, 3.8) is 0 Å². The summed E-state index contributed by atoms with van der Waals surface area (Å²) in [4.78, 5) is 13.5. The van der Waals surface area contributed by atoms with E-state index in [1.54, 1.807) is 7.11 Å². The lowest BCUT2D eigenvalue weighted by molar-refractivity contribution is -0.145. The maximum absolute atomic E-state index is 11.4. The third kappa shape index (κ3) is 4.84. The second-order valence-corrected chi connectivity index (χ2v) is 5.44. The van der Waals surface area contributed by atoms with Crippen LogP contribution in [0.2, 0.25) is 0 Å². The van der Waals surface area contributed by atoms with Crippen LogP contribution < -0.4 is 4.74 Å². The molecule has 106 valence electrons. The fraction of sp³-hybridized carbons (Fsp3) is 0.500. The van der Waals surface area contributed by atoms with Crippen molar-refractivity contribution in [2.75, 3.05) is 27.8 Å².